The van der Waals surface area contributed by atoms with Crippen LogP contribution in [-0.4, -0.2) is 6.61 Å². The molecule has 0 bridgehead atoms. The number of rotatable bonds is 3. The van der Waals surface area contributed by atoms with Gasteiger partial charge in [-0.05, 0) is 18.6 Å². The first-order chi connectivity index (χ1) is 6.16. The van der Waals surface area contributed by atoms with E-state index < -0.39 is 0 Å². The van der Waals surface area contributed by atoms with Crippen LogP contribution in [0.25, 0.3) is 0 Å². The molecular weight excluding hydrogens is 237 g/mol. The lowest BCUT2D eigenvalue weighted by Gasteiger charge is -2.07. The van der Waals surface area contributed by atoms with Crippen LogP contribution in [0.5, 0.6) is 0 Å². The predicted octanol–water partition coefficient (Wildman–Crippen LogP) is 2.33. The van der Waals surface area contributed by atoms with Crippen molar-refractivity contribution in [2.24, 2.45) is 5.90 Å². The number of hydrogen-bond donors (Lipinski definition) is 1. The van der Waals surface area contributed by atoms with Gasteiger partial charge in [-0.3, -0.25) is 0 Å². The summed E-state index contributed by atoms with van der Waals surface area (Å²) < 4.78 is 14.2. The zero-order chi connectivity index (χ0) is 9.84. The van der Waals surface area contributed by atoms with Crippen LogP contribution in [0.4, 0.5) is 4.39 Å². The number of benzene rings is 1. The van der Waals surface area contributed by atoms with Gasteiger partial charge >= 0.3 is 0 Å². The van der Waals surface area contributed by atoms with Crippen LogP contribution >= 0.6 is 15.9 Å². The van der Waals surface area contributed by atoms with E-state index in [1.54, 1.807) is 13.0 Å². The van der Waals surface area contributed by atoms with E-state index in [9.17, 15) is 4.39 Å². The summed E-state index contributed by atoms with van der Waals surface area (Å²) in [6, 6.07) is 3.55. The summed E-state index contributed by atoms with van der Waals surface area (Å²) in [5, 5.41) is 0. The molecule has 0 aromatic heterocycles. The van der Waals surface area contributed by atoms with E-state index in [1.165, 1.54) is 0 Å². The Morgan fingerprint density at radius 1 is 1.54 bits per heavy atom. The molecule has 0 saturated heterocycles. The molecule has 0 spiro atoms. The van der Waals surface area contributed by atoms with E-state index in [0.29, 0.717) is 24.2 Å². The zero-order valence-electron chi connectivity index (χ0n) is 7.31. The molecule has 1 aromatic rings. The second kappa shape index (κ2) is 4.69. The van der Waals surface area contributed by atoms with Crippen molar-refractivity contribution in [2.45, 2.75) is 13.3 Å². The van der Waals surface area contributed by atoms with Crippen LogP contribution in [0.1, 0.15) is 11.1 Å². The molecule has 2 nitrogen and oxygen atoms in total. The molecule has 2 N–H and O–H groups in total. The van der Waals surface area contributed by atoms with Crippen molar-refractivity contribution in [1.82, 2.24) is 0 Å². The Morgan fingerprint density at radius 2 is 2.23 bits per heavy atom. The molecule has 0 heterocycles. The Hall–Kier alpha value is -0.450. The van der Waals surface area contributed by atoms with E-state index in [0.717, 1.165) is 4.47 Å². The van der Waals surface area contributed by atoms with Gasteiger partial charge in [0, 0.05) is 16.5 Å². The molecule has 0 unspecified atom stereocenters. The van der Waals surface area contributed by atoms with Gasteiger partial charge in [0.15, 0.2) is 0 Å². The predicted molar refractivity (Wildman–Crippen MR) is 52.7 cm³/mol. The minimum absolute atomic E-state index is 0.188. The summed E-state index contributed by atoms with van der Waals surface area (Å²) in [5.41, 5.74) is 1.25. The van der Waals surface area contributed by atoms with Crippen LogP contribution in [0.3, 0.4) is 0 Å². The van der Waals surface area contributed by atoms with Gasteiger partial charge in [-0.15, -0.1) is 0 Å². The Morgan fingerprint density at radius 3 is 2.85 bits per heavy atom. The second-order valence-electron chi connectivity index (χ2n) is 2.78. The molecule has 0 amide bonds. The van der Waals surface area contributed by atoms with Crippen LogP contribution in [0, 0.1) is 12.7 Å². The summed E-state index contributed by atoms with van der Waals surface area (Å²) in [7, 11) is 0. The smallest absolute Gasteiger partial charge is 0.130 e. The highest BCUT2D eigenvalue weighted by Crippen LogP contribution is 2.22. The maximum Gasteiger partial charge on any atom is 0.130 e. The van der Waals surface area contributed by atoms with E-state index in [2.05, 4.69) is 20.8 Å². The SMILES string of the molecule is Cc1ccc(Br)c(CCON)c1F. The molecule has 0 aliphatic rings. The number of nitrogens with two attached hydrogens (primary N) is 1. The molecule has 4 heteroatoms. The Labute approximate surface area is 85.0 Å². The molecule has 72 valence electrons. The zero-order valence-corrected chi connectivity index (χ0v) is 8.90. The third-order valence-corrected chi connectivity index (χ3v) is 2.59. The Bertz CT molecular complexity index is 304. The van der Waals surface area contributed by atoms with Crippen molar-refractivity contribution >= 4 is 15.9 Å². The lowest BCUT2D eigenvalue weighted by atomic mass is 10.1. The molecule has 1 aromatic carbocycles. The van der Waals surface area contributed by atoms with Gasteiger partial charge in [0.1, 0.15) is 5.82 Å². The van der Waals surface area contributed by atoms with Crippen molar-refractivity contribution in [3.05, 3.63) is 33.5 Å². The fraction of sp³-hybridized carbons (Fsp3) is 0.333. The molecule has 13 heavy (non-hydrogen) atoms. The van der Waals surface area contributed by atoms with Gasteiger partial charge in [0.25, 0.3) is 0 Å². The Balaban J connectivity index is 2.96. The molecule has 1 rings (SSSR count). The lowest BCUT2D eigenvalue weighted by molar-refractivity contribution is 0.140. The Kier molecular flexibility index (Phi) is 3.84. The fourth-order valence-electron chi connectivity index (χ4n) is 1.10. The van der Waals surface area contributed by atoms with Crippen LogP contribution in [-0.2, 0) is 11.3 Å². The highest BCUT2D eigenvalue weighted by atomic mass is 79.9. The highest BCUT2D eigenvalue weighted by molar-refractivity contribution is 9.10. The van der Waals surface area contributed by atoms with Gasteiger partial charge in [-0.2, -0.15) is 0 Å². The van der Waals surface area contributed by atoms with Crippen molar-refractivity contribution < 1.29 is 9.23 Å². The fourth-order valence-corrected chi connectivity index (χ4v) is 1.61. The van der Waals surface area contributed by atoms with E-state index >= 15 is 0 Å². The summed E-state index contributed by atoms with van der Waals surface area (Å²) in [6.07, 6.45) is 0.477. The number of halogens is 2. The van der Waals surface area contributed by atoms with Crippen molar-refractivity contribution in [1.29, 1.82) is 0 Å². The number of aryl methyl sites for hydroxylation is 1. The number of hydrogen-bond acceptors (Lipinski definition) is 2. The molecule has 0 radical (unpaired) electrons. The first kappa shape index (κ1) is 10.6. The van der Waals surface area contributed by atoms with Crippen LogP contribution < -0.4 is 5.90 Å². The highest BCUT2D eigenvalue weighted by Gasteiger charge is 2.08. The van der Waals surface area contributed by atoms with Crippen LogP contribution in [0.15, 0.2) is 16.6 Å². The second-order valence-corrected chi connectivity index (χ2v) is 3.63. The first-order valence-electron chi connectivity index (χ1n) is 3.92. The molecule has 0 aliphatic heterocycles. The van der Waals surface area contributed by atoms with Gasteiger partial charge in [-0.1, -0.05) is 22.0 Å². The minimum Gasteiger partial charge on any atom is -0.304 e. The van der Waals surface area contributed by atoms with Gasteiger partial charge in [-0.25, -0.2) is 10.3 Å². The molecule has 0 fully saturated rings. The largest absolute Gasteiger partial charge is 0.304 e. The van der Waals surface area contributed by atoms with E-state index in [4.69, 9.17) is 5.90 Å². The van der Waals surface area contributed by atoms with Gasteiger partial charge < -0.3 is 4.84 Å². The lowest BCUT2D eigenvalue weighted by Crippen LogP contribution is -2.06. The minimum atomic E-state index is -0.188. The quantitative estimate of drug-likeness (QED) is 0.833. The summed E-state index contributed by atoms with van der Waals surface area (Å²) in [6.45, 7) is 2.05. The molecule has 0 saturated carbocycles. The topological polar surface area (TPSA) is 35.2 Å². The van der Waals surface area contributed by atoms with E-state index in [-0.39, 0.29) is 5.82 Å². The third kappa shape index (κ3) is 2.49. The van der Waals surface area contributed by atoms with Gasteiger partial charge in [0.2, 0.25) is 0 Å². The molecule has 0 atom stereocenters. The molecule has 0 aliphatic carbocycles. The van der Waals surface area contributed by atoms with E-state index in [1.807, 2.05) is 6.07 Å². The summed E-state index contributed by atoms with van der Waals surface area (Å²) in [4.78, 5) is 4.41. The maximum atomic E-state index is 13.5. The average Bonchev–Trinajstić information content (AvgIpc) is 2.12. The van der Waals surface area contributed by atoms with Crippen molar-refractivity contribution in [2.75, 3.05) is 6.61 Å². The van der Waals surface area contributed by atoms with Crippen molar-refractivity contribution in [3.63, 3.8) is 0 Å². The normalized spacial score (nSPS) is 10.5. The average molecular weight is 248 g/mol. The monoisotopic (exact) mass is 247 g/mol. The maximum absolute atomic E-state index is 13.5. The van der Waals surface area contributed by atoms with Gasteiger partial charge in [0.05, 0.1) is 6.61 Å². The van der Waals surface area contributed by atoms with Crippen molar-refractivity contribution in [3.8, 4) is 0 Å². The molecular formula is C9H11BrFNO. The standard InChI is InChI=1S/C9H11BrFNO/c1-6-2-3-8(10)7(9(6)11)4-5-13-12/h2-3H,4-5,12H2,1H3. The summed E-state index contributed by atoms with van der Waals surface area (Å²) in [5.74, 6) is 4.69. The first-order valence-corrected chi connectivity index (χ1v) is 4.71. The van der Waals surface area contributed by atoms with Crippen LogP contribution in [0.2, 0.25) is 0 Å². The third-order valence-electron chi connectivity index (χ3n) is 1.85. The summed E-state index contributed by atoms with van der Waals surface area (Å²) >= 11 is 3.28.